The van der Waals surface area contributed by atoms with E-state index in [0.717, 1.165) is 18.5 Å². The van der Waals surface area contributed by atoms with E-state index in [0.29, 0.717) is 12.0 Å². The number of carboxylic acids is 1. The van der Waals surface area contributed by atoms with E-state index < -0.39 is 5.97 Å². The van der Waals surface area contributed by atoms with Gasteiger partial charge in [-0.25, -0.2) is 0 Å². The third-order valence-electron chi connectivity index (χ3n) is 3.17. The number of carboxylic acid groups (broad SMARTS) is 1. The summed E-state index contributed by atoms with van der Waals surface area (Å²) in [6, 6.07) is 9.51. The number of benzene rings is 1. The van der Waals surface area contributed by atoms with Crippen molar-refractivity contribution in [1.29, 1.82) is 5.26 Å². The average molecular weight is 230 g/mol. The summed E-state index contributed by atoms with van der Waals surface area (Å²) in [4.78, 5) is 10.8. The Morgan fingerprint density at radius 3 is 2.59 bits per heavy atom. The molecule has 2 N–H and O–H groups in total. The van der Waals surface area contributed by atoms with E-state index in [1.165, 1.54) is 0 Å². The van der Waals surface area contributed by atoms with Crippen molar-refractivity contribution in [3.8, 4) is 6.07 Å². The molecule has 0 aliphatic heterocycles. The Bertz CT molecular complexity index is 447. The molecule has 0 amide bonds. The summed E-state index contributed by atoms with van der Waals surface area (Å²) in [6.45, 7) is 0. The lowest BCUT2D eigenvalue weighted by atomic mass is 10.1. The van der Waals surface area contributed by atoms with Crippen LogP contribution >= 0.6 is 0 Å². The van der Waals surface area contributed by atoms with E-state index in [2.05, 4.69) is 11.4 Å². The molecule has 0 spiro atoms. The summed E-state index contributed by atoms with van der Waals surface area (Å²) >= 11 is 0. The summed E-state index contributed by atoms with van der Waals surface area (Å²) in [6.07, 6.45) is 2.30. The van der Waals surface area contributed by atoms with Crippen molar-refractivity contribution in [1.82, 2.24) is 0 Å². The molecule has 1 aliphatic carbocycles. The highest BCUT2D eigenvalue weighted by atomic mass is 16.4. The van der Waals surface area contributed by atoms with Crippen LogP contribution in [0.4, 0.5) is 5.69 Å². The number of aliphatic carboxylic acids is 1. The van der Waals surface area contributed by atoms with Crippen LogP contribution in [0.15, 0.2) is 24.3 Å². The maximum Gasteiger partial charge on any atom is 0.306 e. The lowest BCUT2D eigenvalue weighted by molar-refractivity contribution is -0.141. The second kappa shape index (κ2) is 4.88. The van der Waals surface area contributed by atoms with Gasteiger partial charge in [-0.3, -0.25) is 4.79 Å². The van der Waals surface area contributed by atoms with E-state index in [9.17, 15) is 4.79 Å². The number of nitriles is 1. The number of anilines is 1. The highest BCUT2D eigenvalue weighted by molar-refractivity contribution is 5.70. The first kappa shape index (κ1) is 11.5. The first-order valence-electron chi connectivity index (χ1n) is 5.68. The number of nitrogens with zero attached hydrogens (tertiary/aromatic N) is 1. The predicted molar refractivity (Wildman–Crippen MR) is 63.5 cm³/mol. The fraction of sp³-hybridized carbons (Fsp3) is 0.385. The number of hydrogen-bond donors (Lipinski definition) is 2. The molecule has 17 heavy (non-hydrogen) atoms. The van der Waals surface area contributed by atoms with E-state index in [4.69, 9.17) is 10.4 Å². The van der Waals surface area contributed by atoms with Crippen molar-refractivity contribution in [2.45, 2.75) is 25.3 Å². The van der Waals surface area contributed by atoms with Gasteiger partial charge in [-0.2, -0.15) is 5.26 Å². The second-order valence-electron chi connectivity index (χ2n) is 4.38. The first-order chi connectivity index (χ1) is 8.19. The molecule has 1 aliphatic rings. The zero-order valence-corrected chi connectivity index (χ0v) is 9.39. The van der Waals surface area contributed by atoms with Gasteiger partial charge in [0.15, 0.2) is 0 Å². The minimum atomic E-state index is -0.700. The minimum absolute atomic E-state index is 0.217. The molecule has 1 aromatic carbocycles. The van der Waals surface area contributed by atoms with Crippen molar-refractivity contribution >= 4 is 11.7 Å². The van der Waals surface area contributed by atoms with Crippen LogP contribution in [0.5, 0.6) is 0 Å². The Kier molecular flexibility index (Phi) is 3.29. The standard InChI is InChI=1S/C13H14N2O2/c14-8-9-1-4-11(5-2-9)15-12-6-3-10(7-12)13(16)17/h1-2,4-5,10,12,15H,3,6-7H2,(H,16,17). The fourth-order valence-electron chi connectivity index (χ4n) is 2.21. The molecule has 0 radical (unpaired) electrons. The maximum absolute atomic E-state index is 10.8. The minimum Gasteiger partial charge on any atom is -0.481 e. The Balaban J connectivity index is 1.94. The molecule has 1 aromatic rings. The molecular formula is C13H14N2O2. The molecule has 0 saturated heterocycles. The van der Waals surface area contributed by atoms with Crippen LogP contribution in [0, 0.1) is 17.2 Å². The van der Waals surface area contributed by atoms with Crippen molar-refractivity contribution < 1.29 is 9.90 Å². The van der Waals surface area contributed by atoms with Gasteiger partial charge in [-0.1, -0.05) is 0 Å². The van der Waals surface area contributed by atoms with Gasteiger partial charge in [0.25, 0.3) is 0 Å². The molecule has 0 bridgehead atoms. The second-order valence-corrected chi connectivity index (χ2v) is 4.38. The van der Waals surface area contributed by atoms with Crippen LogP contribution in [-0.4, -0.2) is 17.1 Å². The third-order valence-corrected chi connectivity index (χ3v) is 3.17. The van der Waals surface area contributed by atoms with Gasteiger partial charge < -0.3 is 10.4 Å². The highest BCUT2D eigenvalue weighted by Crippen LogP contribution is 2.28. The monoisotopic (exact) mass is 230 g/mol. The Morgan fingerprint density at radius 2 is 2.06 bits per heavy atom. The molecule has 4 nitrogen and oxygen atoms in total. The fourth-order valence-corrected chi connectivity index (χ4v) is 2.21. The number of carbonyl (C=O) groups is 1. The molecule has 88 valence electrons. The normalized spacial score (nSPS) is 23.0. The zero-order chi connectivity index (χ0) is 12.3. The summed E-state index contributed by atoms with van der Waals surface area (Å²) < 4.78 is 0. The van der Waals surface area contributed by atoms with Crippen LogP contribution in [0.1, 0.15) is 24.8 Å². The smallest absolute Gasteiger partial charge is 0.306 e. The molecule has 4 heteroatoms. The maximum atomic E-state index is 10.8. The highest BCUT2D eigenvalue weighted by Gasteiger charge is 2.29. The van der Waals surface area contributed by atoms with Gasteiger partial charge in [0.1, 0.15) is 0 Å². The Hall–Kier alpha value is -2.02. The summed E-state index contributed by atoms with van der Waals surface area (Å²) in [5, 5.41) is 20.9. The van der Waals surface area contributed by atoms with E-state index in [-0.39, 0.29) is 12.0 Å². The van der Waals surface area contributed by atoms with Gasteiger partial charge in [-0.05, 0) is 43.5 Å². The van der Waals surface area contributed by atoms with Gasteiger partial charge >= 0.3 is 5.97 Å². The molecule has 0 heterocycles. The SMILES string of the molecule is N#Cc1ccc(NC2CCC(C(=O)O)C2)cc1. The number of nitrogens with one attached hydrogen (secondary N) is 1. The summed E-state index contributed by atoms with van der Waals surface area (Å²) in [5.41, 5.74) is 1.57. The van der Waals surface area contributed by atoms with Crippen molar-refractivity contribution in [2.24, 2.45) is 5.92 Å². The van der Waals surface area contributed by atoms with Gasteiger partial charge in [0.05, 0.1) is 17.6 Å². The molecule has 2 rings (SSSR count). The van der Waals surface area contributed by atoms with Gasteiger partial charge in [0, 0.05) is 11.7 Å². The predicted octanol–water partition coefficient (Wildman–Crippen LogP) is 2.22. The largest absolute Gasteiger partial charge is 0.481 e. The van der Waals surface area contributed by atoms with Crippen molar-refractivity contribution in [2.75, 3.05) is 5.32 Å². The summed E-state index contributed by atoms with van der Waals surface area (Å²) in [7, 11) is 0. The lowest BCUT2D eigenvalue weighted by Gasteiger charge is -2.13. The van der Waals surface area contributed by atoms with Crippen LogP contribution in [0.2, 0.25) is 0 Å². The van der Waals surface area contributed by atoms with Crippen molar-refractivity contribution in [3.63, 3.8) is 0 Å². The van der Waals surface area contributed by atoms with Gasteiger partial charge in [-0.15, -0.1) is 0 Å². The number of hydrogen-bond acceptors (Lipinski definition) is 3. The molecule has 2 unspecified atom stereocenters. The Morgan fingerprint density at radius 1 is 1.35 bits per heavy atom. The average Bonchev–Trinajstić information content (AvgIpc) is 2.79. The lowest BCUT2D eigenvalue weighted by Crippen LogP contribution is -2.17. The molecule has 1 fully saturated rings. The third kappa shape index (κ3) is 2.76. The van der Waals surface area contributed by atoms with Crippen LogP contribution < -0.4 is 5.32 Å². The molecule has 2 atom stereocenters. The van der Waals surface area contributed by atoms with Crippen LogP contribution in [0.3, 0.4) is 0 Å². The number of rotatable bonds is 3. The van der Waals surface area contributed by atoms with Gasteiger partial charge in [0.2, 0.25) is 0 Å². The topological polar surface area (TPSA) is 73.1 Å². The summed E-state index contributed by atoms with van der Waals surface area (Å²) in [5.74, 6) is -0.917. The molecular weight excluding hydrogens is 216 g/mol. The van der Waals surface area contributed by atoms with Crippen LogP contribution in [-0.2, 0) is 4.79 Å². The Labute approximate surface area is 99.9 Å². The van der Waals surface area contributed by atoms with Crippen molar-refractivity contribution in [3.05, 3.63) is 29.8 Å². The van der Waals surface area contributed by atoms with E-state index in [1.807, 2.05) is 12.1 Å². The van der Waals surface area contributed by atoms with E-state index >= 15 is 0 Å². The quantitative estimate of drug-likeness (QED) is 0.835. The first-order valence-corrected chi connectivity index (χ1v) is 5.68. The molecule has 0 aromatic heterocycles. The molecule has 1 saturated carbocycles. The zero-order valence-electron chi connectivity index (χ0n) is 9.39. The van der Waals surface area contributed by atoms with Crippen LogP contribution in [0.25, 0.3) is 0 Å². The van der Waals surface area contributed by atoms with E-state index in [1.54, 1.807) is 12.1 Å².